The third-order valence-electron chi connectivity index (χ3n) is 7.85. The summed E-state index contributed by atoms with van der Waals surface area (Å²) in [4.78, 5) is 25.6. The first-order valence-electron chi connectivity index (χ1n) is 14.7. The zero-order chi connectivity index (χ0) is 29.4. The maximum absolute atomic E-state index is 12.8. The predicted molar refractivity (Wildman–Crippen MR) is 172 cm³/mol. The van der Waals surface area contributed by atoms with E-state index in [1.54, 1.807) is 0 Å². The van der Waals surface area contributed by atoms with Gasteiger partial charge in [0.2, 0.25) is 0 Å². The van der Waals surface area contributed by atoms with Gasteiger partial charge in [0.05, 0.1) is 0 Å². The van der Waals surface area contributed by atoms with Crippen molar-refractivity contribution in [2.45, 2.75) is 53.4 Å². The molecule has 0 heterocycles. The lowest BCUT2D eigenvalue weighted by Gasteiger charge is -2.22. The molecule has 4 nitrogen and oxygen atoms in total. The number of fused-ring (bicyclic) bond motifs is 4. The Balaban J connectivity index is 1.80. The number of ether oxygens (including phenoxy) is 2. The molecular formula is C38H34O4. The van der Waals surface area contributed by atoms with Crippen molar-refractivity contribution in [2.75, 3.05) is 0 Å². The van der Waals surface area contributed by atoms with E-state index in [1.807, 2.05) is 50.2 Å². The van der Waals surface area contributed by atoms with E-state index >= 15 is 0 Å². The van der Waals surface area contributed by atoms with Crippen LogP contribution >= 0.6 is 0 Å². The number of carbonyl (C=O) groups is 2. The van der Waals surface area contributed by atoms with Crippen molar-refractivity contribution in [3.8, 4) is 22.6 Å². The van der Waals surface area contributed by atoms with E-state index in [1.165, 1.54) is 0 Å². The summed E-state index contributed by atoms with van der Waals surface area (Å²) >= 11 is 0. The van der Waals surface area contributed by atoms with Crippen LogP contribution in [0.4, 0.5) is 0 Å². The molecule has 0 atom stereocenters. The lowest BCUT2D eigenvalue weighted by Crippen LogP contribution is -2.08. The SMILES string of the molecule is CCCC(=O)Oc1c2ccccc2c(-c2c3ccccc3c(OC(=O)CCC)c3ccc(C)cc23)c2cc(C)ccc12. The third-order valence-corrected chi connectivity index (χ3v) is 7.85. The molecule has 0 spiro atoms. The summed E-state index contributed by atoms with van der Waals surface area (Å²) in [5, 5.41) is 7.57. The summed E-state index contributed by atoms with van der Waals surface area (Å²) in [5.41, 5.74) is 4.36. The van der Waals surface area contributed by atoms with Gasteiger partial charge in [-0.15, -0.1) is 0 Å². The smallest absolute Gasteiger partial charge is 0.311 e. The third kappa shape index (κ3) is 4.77. The molecule has 0 bridgehead atoms. The molecule has 0 aliphatic heterocycles. The van der Waals surface area contributed by atoms with Crippen molar-refractivity contribution in [2.24, 2.45) is 0 Å². The zero-order valence-corrected chi connectivity index (χ0v) is 24.5. The average Bonchev–Trinajstić information content (AvgIpc) is 2.98. The van der Waals surface area contributed by atoms with Crippen LogP contribution in [-0.4, -0.2) is 11.9 Å². The molecule has 0 amide bonds. The Morgan fingerprint density at radius 3 is 1.24 bits per heavy atom. The van der Waals surface area contributed by atoms with E-state index in [0.29, 0.717) is 24.3 Å². The van der Waals surface area contributed by atoms with E-state index in [0.717, 1.165) is 78.2 Å². The van der Waals surface area contributed by atoms with Gasteiger partial charge in [0.15, 0.2) is 0 Å². The van der Waals surface area contributed by atoms with Crippen LogP contribution in [-0.2, 0) is 9.59 Å². The van der Waals surface area contributed by atoms with Gasteiger partial charge in [-0.05, 0) is 59.4 Å². The minimum absolute atomic E-state index is 0.234. The van der Waals surface area contributed by atoms with Crippen molar-refractivity contribution in [1.29, 1.82) is 0 Å². The number of esters is 2. The monoisotopic (exact) mass is 554 g/mol. The Labute approximate surface area is 245 Å². The van der Waals surface area contributed by atoms with Gasteiger partial charge in [0.1, 0.15) is 11.5 Å². The normalized spacial score (nSPS) is 11.4. The quantitative estimate of drug-likeness (QED) is 0.112. The lowest BCUT2D eigenvalue weighted by molar-refractivity contribution is -0.135. The number of hydrogen-bond donors (Lipinski definition) is 0. The summed E-state index contributed by atoms with van der Waals surface area (Å²) in [6, 6.07) is 28.9. The van der Waals surface area contributed by atoms with Crippen molar-refractivity contribution in [3.05, 3.63) is 96.1 Å². The minimum Gasteiger partial charge on any atom is -0.425 e. The Kier molecular flexibility index (Phi) is 7.38. The average molecular weight is 555 g/mol. The Morgan fingerprint density at radius 2 is 0.857 bits per heavy atom. The Bertz CT molecular complexity index is 1870. The summed E-state index contributed by atoms with van der Waals surface area (Å²) in [5.74, 6) is 0.722. The van der Waals surface area contributed by atoms with Gasteiger partial charge in [-0.25, -0.2) is 0 Å². The van der Waals surface area contributed by atoms with Crippen molar-refractivity contribution in [3.63, 3.8) is 0 Å². The molecule has 0 unspecified atom stereocenters. The van der Waals surface area contributed by atoms with E-state index < -0.39 is 0 Å². The molecule has 0 saturated heterocycles. The summed E-state index contributed by atoms with van der Waals surface area (Å²) < 4.78 is 12.2. The van der Waals surface area contributed by atoms with Crippen LogP contribution in [0.1, 0.15) is 50.7 Å². The van der Waals surface area contributed by atoms with E-state index in [2.05, 4.69) is 62.4 Å². The standard InChI is InChI=1S/C38H34O4/c1-5-11-33(39)41-37-27-15-9-7-13-25(27)35(31-21-23(3)17-19-29(31)37)36-26-14-8-10-16-28(26)38(42-34(40)12-6-2)30-20-18-24(4)22-32(30)36/h7-10,13-22H,5-6,11-12H2,1-4H3. The lowest BCUT2D eigenvalue weighted by atomic mass is 9.84. The summed E-state index contributed by atoms with van der Waals surface area (Å²) in [6.45, 7) is 8.12. The van der Waals surface area contributed by atoms with Crippen LogP contribution in [0.3, 0.4) is 0 Å². The molecule has 0 saturated carbocycles. The number of hydrogen-bond acceptors (Lipinski definition) is 4. The molecule has 4 heteroatoms. The second-order valence-electron chi connectivity index (χ2n) is 11.0. The number of benzene rings is 6. The highest BCUT2D eigenvalue weighted by atomic mass is 16.5. The van der Waals surface area contributed by atoms with E-state index in [-0.39, 0.29) is 11.9 Å². The first-order chi connectivity index (χ1) is 20.4. The molecule has 0 N–H and O–H groups in total. The van der Waals surface area contributed by atoms with Gasteiger partial charge in [0.25, 0.3) is 0 Å². The Morgan fingerprint density at radius 1 is 0.500 bits per heavy atom. The first kappa shape index (κ1) is 27.5. The van der Waals surface area contributed by atoms with Crippen LogP contribution < -0.4 is 9.47 Å². The van der Waals surface area contributed by atoms with Gasteiger partial charge >= 0.3 is 11.9 Å². The van der Waals surface area contributed by atoms with Gasteiger partial charge in [-0.1, -0.05) is 110 Å². The predicted octanol–water partition coefficient (Wildman–Crippen LogP) is 9.99. The number of rotatable bonds is 7. The van der Waals surface area contributed by atoms with Crippen molar-refractivity contribution >= 4 is 55.0 Å². The highest BCUT2D eigenvalue weighted by Crippen LogP contribution is 2.50. The van der Waals surface area contributed by atoms with Crippen molar-refractivity contribution < 1.29 is 19.1 Å². The van der Waals surface area contributed by atoms with Gasteiger partial charge in [-0.2, -0.15) is 0 Å². The molecule has 0 aromatic heterocycles. The van der Waals surface area contributed by atoms with Crippen LogP contribution in [0.2, 0.25) is 0 Å². The highest BCUT2D eigenvalue weighted by Gasteiger charge is 2.24. The van der Waals surface area contributed by atoms with Gasteiger partial charge in [0, 0.05) is 34.4 Å². The fourth-order valence-electron chi connectivity index (χ4n) is 6.00. The second-order valence-corrected chi connectivity index (χ2v) is 11.0. The first-order valence-corrected chi connectivity index (χ1v) is 14.7. The molecule has 6 rings (SSSR count). The molecular weight excluding hydrogens is 520 g/mol. The molecule has 0 aliphatic rings. The van der Waals surface area contributed by atoms with E-state index in [4.69, 9.17) is 9.47 Å². The minimum atomic E-state index is -0.234. The topological polar surface area (TPSA) is 52.6 Å². The molecule has 0 aliphatic carbocycles. The fourth-order valence-corrected chi connectivity index (χ4v) is 6.00. The summed E-state index contributed by atoms with van der Waals surface area (Å²) in [7, 11) is 0. The fraction of sp³-hybridized carbons (Fsp3) is 0.211. The molecule has 6 aromatic carbocycles. The van der Waals surface area contributed by atoms with Gasteiger partial charge < -0.3 is 9.47 Å². The zero-order valence-electron chi connectivity index (χ0n) is 24.5. The molecule has 210 valence electrons. The second kappa shape index (κ2) is 11.3. The highest BCUT2D eigenvalue weighted by molar-refractivity contribution is 6.27. The van der Waals surface area contributed by atoms with Crippen LogP contribution in [0.25, 0.3) is 54.2 Å². The summed E-state index contributed by atoms with van der Waals surface area (Å²) in [6.07, 6.45) is 2.16. The maximum atomic E-state index is 12.8. The van der Waals surface area contributed by atoms with Crippen molar-refractivity contribution in [1.82, 2.24) is 0 Å². The number of carbonyl (C=O) groups excluding carboxylic acids is 2. The van der Waals surface area contributed by atoms with E-state index in [9.17, 15) is 9.59 Å². The molecule has 6 aromatic rings. The molecule has 42 heavy (non-hydrogen) atoms. The molecule has 0 fully saturated rings. The number of aryl methyl sites for hydroxylation is 2. The van der Waals surface area contributed by atoms with Gasteiger partial charge in [-0.3, -0.25) is 9.59 Å². The molecule has 0 radical (unpaired) electrons. The Hall–Kier alpha value is -4.70. The van der Waals surface area contributed by atoms with Crippen LogP contribution in [0.5, 0.6) is 11.5 Å². The largest absolute Gasteiger partial charge is 0.425 e. The van der Waals surface area contributed by atoms with Crippen LogP contribution in [0.15, 0.2) is 84.9 Å². The maximum Gasteiger partial charge on any atom is 0.311 e. The van der Waals surface area contributed by atoms with Crippen LogP contribution in [0, 0.1) is 13.8 Å².